The molecule has 0 spiro atoms. The highest BCUT2D eigenvalue weighted by atomic mass is 19.1. The number of hydrogen-bond acceptors (Lipinski definition) is 1. The van der Waals surface area contributed by atoms with Crippen molar-refractivity contribution in [3.05, 3.63) is 35.6 Å². The SMILES string of the molecule is CCCCC(CC)CC1(c2ccc(F)cc2)CNC1. The molecule has 1 aromatic carbocycles. The van der Waals surface area contributed by atoms with Crippen LogP contribution in [0.5, 0.6) is 0 Å². The molecule has 1 saturated heterocycles. The zero-order chi connectivity index (χ0) is 13.7. The van der Waals surface area contributed by atoms with Gasteiger partial charge in [0.2, 0.25) is 0 Å². The van der Waals surface area contributed by atoms with Crippen molar-refractivity contribution in [3.8, 4) is 0 Å². The van der Waals surface area contributed by atoms with Gasteiger partial charge in [0, 0.05) is 18.5 Å². The van der Waals surface area contributed by atoms with Crippen molar-refractivity contribution in [1.82, 2.24) is 5.32 Å². The van der Waals surface area contributed by atoms with Gasteiger partial charge in [-0.1, -0.05) is 51.7 Å². The summed E-state index contributed by atoms with van der Waals surface area (Å²) in [7, 11) is 0. The molecule has 106 valence electrons. The van der Waals surface area contributed by atoms with Crippen molar-refractivity contribution in [2.75, 3.05) is 13.1 Å². The van der Waals surface area contributed by atoms with Gasteiger partial charge in [-0.15, -0.1) is 0 Å². The normalized spacial score (nSPS) is 18.9. The summed E-state index contributed by atoms with van der Waals surface area (Å²) in [5, 5.41) is 3.41. The molecule has 1 atom stereocenters. The molecule has 0 bridgehead atoms. The maximum Gasteiger partial charge on any atom is 0.123 e. The first-order chi connectivity index (χ1) is 9.20. The Morgan fingerprint density at radius 1 is 1.21 bits per heavy atom. The lowest BCUT2D eigenvalue weighted by Crippen LogP contribution is -2.57. The van der Waals surface area contributed by atoms with E-state index in [1.54, 1.807) is 12.1 Å². The van der Waals surface area contributed by atoms with Crippen LogP contribution >= 0.6 is 0 Å². The van der Waals surface area contributed by atoms with Crippen LogP contribution in [-0.4, -0.2) is 13.1 Å². The van der Waals surface area contributed by atoms with E-state index in [4.69, 9.17) is 0 Å². The molecule has 0 aromatic heterocycles. The predicted molar refractivity (Wildman–Crippen MR) is 78.9 cm³/mol. The van der Waals surface area contributed by atoms with Gasteiger partial charge in [0.05, 0.1) is 0 Å². The summed E-state index contributed by atoms with van der Waals surface area (Å²) >= 11 is 0. The van der Waals surface area contributed by atoms with Crippen molar-refractivity contribution in [2.45, 2.75) is 51.4 Å². The van der Waals surface area contributed by atoms with E-state index in [0.717, 1.165) is 19.0 Å². The van der Waals surface area contributed by atoms with Crippen LogP contribution in [0.4, 0.5) is 4.39 Å². The second-order valence-corrected chi connectivity index (χ2v) is 6.01. The maximum absolute atomic E-state index is 13.1. The topological polar surface area (TPSA) is 12.0 Å². The van der Waals surface area contributed by atoms with Crippen LogP contribution in [0.15, 0.2) is 24.3 Å². The lowest BCUT2D eigenvalue weighted by molar-refractivity contribution is 0.206. The van der Waals surface area contributed by atoms with Gasteiger partial charge in [0.1, 0.15) is 5.82 Å². The molecular formula is C17H26FN. The number of rotatable bonds is 7. The van der Waals surface area contributed by atoms with Crippen LogP contribution in [0, 0.1) is 11.7 Å². The van der Waals surface area contributed by atoms with Crippen LogP contribution in [0.25, 0.3) is 0 Å². The molecule has 1 unspecified atom stereocenters. The number of nitrogens with one attached hydrogen (secondary N) is 1. The highest BCUT2D eigenvalue weighted by Crippen LogP contribution is 2.37. The molecule has 1 fully saturated rings. The minimum absolute atomic E-state index is 0.135. The first-order valence-corrected chi connectivity index (χ1v) is 7.67. The number of halogens is 1. The van der Waals surface area contributed by atoms with Gasteiger partial charge in [0.25, 0.3) is 0 Å². The number of benzene rings is 1. The Morgan fingerprint density at radius 2 is 1.89 bits per heavy atom. The molecule has 0 aliphatic carbocycles. The van der Waals surface area contributed by atoms with Crippen molar-refractivity contribution >= 4 is 0 Å². The van der Waals surface area contributed by atoms with Gasteiger partial charge in [-0.2, -0.15) is 0 Å². The molecule has 19 heavy (non-hydrogen) atoms. The lowest BCUT2D eigenvalue weighted by Gasteiger charge is -2.45. The van der Waals surface area contributed by atoms with Crippen molar-refractivity contribution in [3.63, 3.8) is 0 Å². The van der Waals surface area contributed by atoms with E-state index in [-0.39, 0.29) is 11.2 Å². The molecular weight excluding hydrogens is 237 g/mol. The average molecular weight is 263 g/mol. The van der Waals surface area contributed by atoms with E-state index in [0.29, 0.717) is 0 Å². The van der Waals surface area contributed by atoms with Crippen molar-refractivity contribution < 1.29 is 4.39 Å². The van der Waals surface area contributed by atoms with Gasteiger partial charge >= 0.3 is 0 Å². The minimum Gasteiger partial charge on any atom is -0.315 e. The summed E-state index contributed by atoms with van der Waals surface area (Å²) in [5.41, 5.74) is 1.56. The smallest absolute Gasteiger partial charge is 0.123 e. The molecule has 1 aliphatic heterocycles. The molecule has 1 aliphatic rings. The molecule has 1 N–H and O–H groups in total. The number of hydrogen-bond donors (Lipinski definition) is 1. The molecule has 1 heterocycles. The Labute approximate surface area is 116 Å². The van der Waals surface area contributed by atoms with Crippen molar-refractivity contribution in [1.29, 1.82) is 0 Å². The molecule has 0 saturated carbocycles. The Morgan fingerprint density at radius 3 is 2.37 bits per heavy atom. The van der Waals surface area contributed by atoms with E-state index in [1.807, 2.05) is 12.1 Å². The highest BCUT2D eigenvalue weighted by Gasteiger charge is 2.39. The third-order valence-electron chi connectivity index (χ3n) is 4.61. The standard InChI is InChI=1S/C17H26FN/c1-3-5-6-14(4-2)11-17(12-19-13-17)15-7-9-16(18)10-8-15/h7-10,14,19H,3-6,11-13H2,1-2H3. The fraction of sp³-hybridized carbons (Fsp3) is 0.647. The molecule has 1 nitrogen and oxygen atoms in total. The first-order valence-electron chi connectivity index (χ1n) is 7.67. The summed E-state index contributed by atoms with van der Waals surface area (Å²) in [6.45, 7) is 6.64. The molecule has 1 aromatic rings. The zero-order valence-electron chi connectivity index (χ0n) is 12.2. The number of unbranched alkanes of at least 4 members (excludes halogenated alkanes) is 1. The summed E-state index contributed by atoms with van der Waals surface area (Å²) < 4.78 is 13.1. The van der Waals surface area contributed by atoms with Gasteiger partial charge in [-0.05, 0) is 30.0 Å². The van der Waals surface area contributed by atoms with E-state index in [2.05, 4.69) is 19.2 Å². The summed E-state index contributed by atoms with van der Waals surface area (Å²) in [5.74, 6) is 0.663. The minimum atomic E-state index is -0.135. The molecule has 0 amide bonds. The van der Waals surface area contributed by atoms with Crippen LogP contribution in [-0.2, 0) is 5.41 Å². The quantitative estimate of drug-likeness (QED) is 0.774. The van der Waals surface area contributed by atoms with E-state index >= 15 is 0 Å². The van der Waals surface area contributed by atoms with Crippen LogP contribution in [0.3, 0.4) is 0 Å². The van der Waals surface area contributed by atoms with Crippen LogP contribution in [0.2, 0.25) is 0 Å². The lowest BCUT2D eigenvalue weighted by atomic mass is 9.68. The Kier molecular flexibility index (Phi) is 4.98. The monoisotopic (exact) mass is 263 g/mol. The van der Waals surface area contributed by atoms with Gasteiger partial charge in [0.15, 0.2) is 0 Å². The third-order valence-corrected chi connectivity index (χ3v) is 4.61. The summed E-state index contributed by atoms with van der Waals surface area (Å²) in [6, 6.07) is 7.15. The van der Waals surface area contributed by atoms with Gasteiger partial charge in [-0.3, -0.25) is 0 Å². The van der Waals surface area contributed by atoms with E-state index in [1.165, 1.54) is 37.7 Å². The average Bonchev–Trinajstić information content (AvgIpc) is 2.39. The van der Waals surface area contributed by atoms with Gasteiger partial charge in [-0.25, -0.2) is 4.39 Å². The third kappa shape index (κ3) is 3.36. The first kappa shape index (κ1) is 14.5. The van der Waals surface area contributed by atoms with E-state index in [9.17, 15) is 4.39 Å². The fourth-order valence-electron chi connectivity index (χ4n) is 3.19. The maximum atomic E-state index is 13.1. The van der Waals surface area contributed by atoms with Crippen LogP contribution < -0.4 is 5.32 Å². The summed E-state index contributed by atoms with van der Waals surface area (Å²) in [4.78, 5) is 0. The van der Waals surface area contributed by atoms with Crippen molar-refractivity contribution in [2.24, 2.45) is 5.92 Å². The largest absolute Gasteiger partial charge is 0.315 e. The second-order valence-electron chi connectivity index (χ2n) is 6.01. The molecule has 2 rings (SSSR count). The summed E-state index contributed by atoms with van der Waals surface area (Å²) in [6.07, 6.45) is 6.42. The van der Waals surface area contributed by atoms with E-state index < -0.39 is 0 Å². The Bertz CT molecular complexity index is 381. The molecule has 0 radical (unpaired) electrons. The fourth-order valence-corrected chi connectivity index (χ4v) is 3.19. The Hall–Kier alpha value is -0.890. The second kappa shape index (κ2) is 6.51. The Balaban J connectivity index is 2.07. The zero-order valence-corrected chi connectivity index (χ0v) is 12.2. The molecule has 2 heteroatoms. The van der Waals surface area contributed by atoms with Crippen LogP contribution in [0.1, 0.15) is 51.5 Å². The predicted octanol–water partition coefficient (Wildman–Crippen LogP) is 4.27. The highest BCUT2D eigenvalue weighted by molar-refractivity contribution is 5.30. The van der Waals surface area contributed by atoms with Gasteiger partial charge < -0.3 is 5.32 Å².